The molecule has 0 spiro atoms. The van der Waals surface area contributed by atoms with Gasteiger partial charge in [-0.3, -0.25) is 4.79 Å². The van der Waals surface area contributed by atoms with E-state index in [9.17, 15) is 4.79 Å². The molecule has 1 unspecified atom stereocenters. The number of carbonyl (C=O) groups is 1. The largest absolute Gasteiger partial charge is 0.413 e. The lowest BCUT2D eigenvalue weighted by Crippen LogP contribution is -2.44. The quantitative estimate of drug-likeness (QED) is 0.334. The van der Waals surface area contributed by atoms with Crippen LogP contribution in [0.5, 0.6) is 0 Å². The molecule has 0 fully saturated rings. The molecule has 0 saturated heterocycles. The van der Waals surface area contributed by atoms with Crippen molar-refractivity contribution in [1.82, 2.24) is 0 Å². The highest BCUT2D eigenvalue weighted by molar-refractivity contribution is 6.74. The van der Waals surface area contributed by atoms with E-state index in [-0.39, 0.29) is 22.0 Å². The van der Waals surface area contributed by atoms with Gasteiger partial charge in [-0.25, -0.2) is 0 Å². The first kappa shape index (κ1) is 25.3. The molecular formula is C23H42O3Si2. The summed E-state index contributed by atoms with van der Waals surface area (Å²) in [6, 6.07) is 0. The lowest BCUT2D eigenvalue weighted by atomic mass is 9.91. The third-order valence-corrected chi connectivity index (χ3v) is 15.6. The van der Waals surface area contributed by atoms with Crippen molar-refractivity contribution in [3.63, 3.8) is 0 Å². The van der Waals surface area contributed by atoms with E-state index in [1.165, 1.54) is 0 Å². The summed E-state index contributed by atoms with van der Waals surface area (Å²) in [5.41, 5.74) is 1.68. The number of allylic oxidation sites excluding steroid dienone is 2. The molecule has 0 amide bonds. The number of hydrogen-bond acceptors (Lipinski definition) is 3. The second-order valence-corrected chi connectivity index (χ2v) is 20.5. The predicted octanol–water partition coefficient (Wildman–Crippen LogP) is 6.80. The zero-order chi connectivity index (χ0) is 22.0. The second kappa shape index (κ2) is 8.94. The summed E-state index contributed by atoms with van der Waals surface area (Å²) in [7, 11) is -3.79. The van der Waals surface area contributed by atoms with Gasteiger partial charge in [-0.15, -0.1) is 0 Å². The normalized spacial score (nSPS) is 20.2. The molecule has 1 atom stereocenters. The highest BCUT2D eigenvalue weighted by Crippen LogP contribution is 2.39. The van der Waals surface area contributed by atoms with E-state index in [0.29, 0.717) is 13.0 Å². The van der Waals surface area contributed by atoms with E-state index in [2.05, 4.69) is 74.3 Å². The smallest absolute Gasteiger partial charge is 0.192 e. The Hall–Kier alpha value is -0.756. The van der Waals surface area contributed by atoms with E-state index >= 15 is 0 Å². The van der Waals surface area contributed by atoms with Gasteiger partial charge in [0.05, 0.1) is 12.7 Å². The van der Waals surface area contributed by atoms with Gasteiger partial charge in [0.15, 0.2) is 22.4 Å². The van der Waals surface area contributed by atoms with E-state index in [1.807, 2.05) is 12.2 Å². The Labute approximate surface area is 175 Å². The van der Waals surface area contributed by atoms with Crippen LogP contribution in [-0.2, 0) is 13.6 Å². The lowest BCUT2D eigenvalue weighted by Gasteiger charge is -2.39. The molecule has 160 valence electrons. The van der Waals surface area contributed by atoms with Crippen LogP contribution in [0.15, 0.2) is 36.0 Å². The summed E-state index contributed by atoms with van der Waals surface area (Å²) >= 11 is 0. The summed E-state index contributed by atoms with van der Waals surface area (Å²) in [5, 5.41) is 0.277. The maximum absolute atomic E-state index is 12.7. The molecule has 0 saturated carbocycles. The Balaban J connectivity index is 3.09. The van der Waals surface area contributed by atoms with Crippen molar-refractivity contribution in [2.45, 2.75) is 96.8 Å². The molecule has 0 aromatic heterocycles. The number of ketones is 1. The first-order valence-electron chi connectivity index (χ1n) is 10.4. The molecule has 28 heavy (non-hydrogen) atoms. The number of rotatable bonds is 7. The molecule has 1 aliphatic rings. The number of Topliss-reactive ketones (excluding diaryl/α,β-unsaturated/α-hetero) is 1. The maximum atomic E-state index is 12.7. The van der Waals surface area contributed by atoms with E-state index < -0.39 is 16.6 Å². The molecule has 0 radical (unpaired) electrons. The molecule has 0 aliphatic heterocycles. The van der Waals surface area contributed by atoms with Crippen LogP contribution in [0.3, 0.4) is 0 Å². The van der Waals surface area contributed by atoms with Crippen molar-refractivity contribution >= 4 is 22.4 Å². The van der Waals surface area contributed by atoms with Crippen molar-refractivity contribution in [2.75, 3.05) is 6.61 Å². The fraction of sp³-hybridized carbons (Fsp3) is 0.696. The predicted molar refractivity (Wildman–Crippen MR) is 126 cm³/mol. The molecule has 1 aliphatic carbocycles. The first-order chi connectivity index (χ1) is 12.5. The molecule has 0 heterocycles. The Bertz CT molecular complexity index is 644. The van der Waals surface area contributed by atoms with Crippen LogP contribution in [0.4, 0.5) is 0 Å². The van der Waals surface area contributed by atoms with Gasteiger partial charge in [-0.1, -0.05) is 60.3 Å². The SMILES string of the molecule is C=C/C=C(/CO[Si](C)(C)C(C)(C)C)C1=CC(O[Si](C)(C)C(C)(C)C)CCC1=O. The zero-order valence-corrected chi connectivity index (χ0v) is 21.9. The van der Waals surface area contributed by atoms with Crippen LogP contribution < -0.4 is 0 Å². The Morgan fingerprint density at radius 1 is 1.11 bits per heavy atom. The van der Waals surface area contributed by atoms with Crippen LogP contribution in [0.25, 0.3) is 0 Å². The highest BCUT2D eigenvalue weighted by atomic mass is 28.4. The molecule has 3 nitrogen and oxygen atoms in total. The number of hydrogen-bond donors (Lipinski definition) is 0. The van der Waals surface area contributed by atoms with Gasteiger partial charge in [0.1, 0.15) is 0 Å². The molecule has 5 heteroatoms. The fourth-order valence-electron chi connectivity index (χ4n) is 2.54. The topological polar surface area (TPSA) is 35.5 Å². The summed E-state index contributed by atoms with van der Waals surface area (Å²) in [5.74, 6) is 0.182. The molecule has 0 aromatic rings. The van der Waals surface area contributed by atoms with Crippen molar-refractivity contribution < 1.29 is 13.6 Å². The minimum absolute atomic E-state index is 0.00493. The minimum Gasteiger partial charge on any atom is -0.413 e. The minimum atomic E-state index is -1.90. The van der Waals surface area contributed by atoms with Crippen molar-refractivity contribution in [3.8, 4) is 0 Å². The summed E-state index contributed by atoms with van der Waals surface area (Å²) in [4.78, 5) is 12.7. The van der Waals surface area contributed by atoms with Crippen LogP contribution in [0.1, 0.15) is 54.4 Å². The molecular weight excluding hydrogens is 380 g/mol. The summed E-state index contributed by atoms with van der Waals surface area (Å²) in [6.45, 7) is 26.7. The van der Waals surface area contributed by atoms with Gasteiger partial charge in [-0.2, -0.15) is 0 Å². The highest BCUT2D eigenvalue weighted by Gasteiger charge is 2.40. The van der Waals surface area contributed by atoms with E-state index in [4.69, 9.17) is 8.85 Å². The standard InChI is InChI=1S/C23H42O3Si2/c1-12-13-18(17-25-27(8,9)22(2,3)4)20-16-19(14-15-21(20)24)26-28(10,11)23(5,6)7/h12-13,16,19H,1,14-15,17H2,2-11H3/b18-13-. The zero-order valence-electron chi connectivity index (χ0n) is 19.9. The molecule has 1 rings (SSSR count). The van der Waals surface area contributed by atoms with Gasteiger partial charge in [0, 0.05) is 12.0 Å². The Morgan fingerprint density at radius 2 is 1.64 bits per heavy atom. The fourth-order valence-corrected chi connectivity index (χ4v) is 4.78. The molecule has 0 aromatic carbocycles. The average molecular weight is 423 g/mol. The van der Waals surface area contributed by atoms with Crippen molar-refractivity contribution in [2.24, 2.45) is 0 Å². The van der Waals surface area contributed by atoms with Crippen LogP contribution in [0, 0.1) is 0 Å². The summed E-state index contributed by atoms with van der Waals surface area (Å²) in [6.07, 6.45) is 6.99. The van der Waals surface area contributed by atoms with Gasteiger partial charge < -0.3 is 8.85 Å². The van der Waals surface area contributed by atoms with Crippen LogP contribution in [0.2, 0.25) is 36.3 Å². The lowest BCUT2D eigenvalue weighted by molar-refractivity contribution is -0.116. The van der Waals surface area contributed by atoms with Crippen LogP contribution >= 0.6 is 0 Å². The third kappa shape index (κ3) is 6.37. The van der Waals surface area contributed by atoms with Crippen molar-refractivity contribution in [1.29, 1.82) is 0 Å². The number of carbonyl (C=O) groups excluding carboxylic acids is 1. The van der Waals surface area contributed by atoms with Crippen molar-refractivity contribution in [3.05, 3.63) is 36.0 Å². The van der Waals surface area contributed by atoms with Crippen LogP contribution in [-0.4, -0.2) is 35.1 Å². The summed E-state index contributed by atoms with van der Waals surface area (Å²) < 4.78 is 13.0. The second-order valence-electron chi connectivity index (χ2n) is 10.9. The van der Waals surface area contributed by atoms with Gasteiger partial charge >= 0.3 is 0 Å². The molecule has 0 N–H and O–H groups in total. The third-order valence-electron chi connectivity index (χ3n) is 6.62. The first-order valence-corrected chi connectivity index (χ1v) is 16.2. The van der Waals surface area contributed by atoms with Gasteiger partial charge in [0.2, 0.25) is 0 Å². The Kier molecular flexibility index (Phi) is 8.07. The van der Waals surface area contributed by atoms with Gasteiger partial charge in [-0.05, 0) is 54.3 Å². The monoisotopic (exact) mass is 422 g/mol. The maximum Gasteiger partial charge on any atom is 0.192 e. The van der Waals surface area contributed by atoms with Gasteiger partial charge in [0.25, 0.3) is 0 Å². The molecule has 0 bridgehead atoms. The Morgan fingerprint density at radius 3 is 2.11 bits per heavy atom. The average Bonchev–Trinajstić information content (AvgIpc) is 2.51. The van der Waals surface area contributed by atoms with E-state index in [0.717, 1.165) is 17.6 Å². The van der Waals surface area contributed by atoms with E-state index in [1.54, 1.807) is 6.08 Å².